The number of hydrogen-bond acceptors (Lipinski definition) is 12. The molecule has 0 aromatic carbocycles. The SMILES string of the molecule is CC.CC.CC(C)(O)O.CC(O)(O)[C@]1(C)N(CC2CC2(F)F)C(O)(O)CC12CC2.OC1(O)CC2(CC2)C2CC3(CC3)C(O)(O)N21. The number of fused-ring (bicyclic) bond motifs is 2. The highest BCUT2D eigenvalue weighted by Gasteiger charge is 2.80. The Hall–Kier alpha value is -0.620. The maximum absolute atomic E-state index is 13.1. The van der Waals surface area contributed by atoms with E-state index >= 15 is 0 Å². The molecule has 7 aliphatic rings. The second-order valence-electron chi connectivity index (χ2n) is 14.9. The molecular weight excluding hydrogens is 598 g/mol. The highest BCUT2D eigenvalue weighted by atomic mass is 19.3. The fraction of sp³-hybridized carbons (Fsp3) is 1.00. The summed E-state index contributed by atoms with van der Waals surface area (Å²) in [5, 5.41) is 97.2. The molecule has 0 aromatic rings. The van der Waals surface area contributed by atoms with E-state index in [1.165, 1.54) is 32.6 Å². The van der Waals surface area contributed by atoms with E-state index in [9.17, 15) is 49.6 Å². The molecule has 0 aromatic heterocycles. The van der Waals surface area contributed by atoms with Gasteiger partial charge in [-0.05, 0) is 78.1 Å². The number of likely N-dealkylation sites (tertiary alicyclic amines) is 1. The average Bonchev–Trinajstić information content (AvgIpc) is 3.71. The molecule has 4 saturated carbocycles. The lowest BCUT2D eigenvalue weighted by Crippen LogP contribution is -2.66. The van der Waals surface area contributed by atoms with Crippen LogP contribution in [0.3, 0.4) is 0 Å². The molecular formula is C31H58F2N2O10. The van der Waals surface area contributed by atoms with Gasteiger partial charge in [0, 0.05) is 48.6 Å². The summed E-state index contributed by atoms with van der Waals surface area (Å²) in [7, 11) is 0. The fourth-order valence-corrected chi connectivity index (χ4v) is 8.05. The van der Waals surface area contributed by atoms with Crippen molar-refractivity contribution >= 4 is 0 Å². The molecule has 14 heteroatoms. The largest absolute Gasteiger partial charge is 0.366 e. The number of rotatable bonds is 3. The molecule has 2 unspecified atom stereocenters. The maximum Gasteiger partial charge on any atom is 0.252 e. The lowest BCUT2D eigenvalue weighted by Gasteiger charge is -2.48. The van der Waals surface area contributed by atoms with Gasteiger partial charge in [-0.25, -0.2) is 13.7 Å². The van der Waals surface area contributed by atoms with E-state index in [0.717, 1.165) is 30.6 Å². The Labute approximate surface area is 264 Å². The Morgan fingerprint density at radius 2 is 1.11 bits per heavy atom. The molecule has 3 spiro atoms. The van der Waals surface area contributed by atoms with Gasteiger partial charge >= 0.3 is 0 Å². The van der Waals surface area contributed by atoms with Crippen LogP contribution in [-0.2, 0) is 0 Å². The topological polar surface area (TPSA) is 209 Å². The van der Waals surface area contributed by atoms with Crippen LogP contribution >= 0.6 is 0 Å². The van der Waals surface area contributed by atoms with Crippen LogP contribution in [0.15, 0.2) is 0 Å². The van der Waals surface area contributed by atoms with Gasteiger partial charge in [0.15, 0.2) is 11.6 Å². The molecule has 7 fully saturated rings. The maximum atomic E-state index is 13.1. The highest BCUT2D eigenvalue weighted by molar-refractivity contribution is 5.24. The van der Waals surface area contributed by atoms with Crippen molar-refractivity contribution < 1.29 is 59.8 Å². The molecule has 3 heterocycles. The summed E-state index contributed by atoms with van der Waals surface area (Å²) in [6.45, 7) is 13.0. The van der Waals surface area contributed by atoms with E-state index in [-0.39, 0.29) is 37.3 Å². The molecule has 0 radical (unpaired) electrons. The monoisotopic (exact) mass is 656 g/mol. The van der Waals surface area contributed by atoms with Gasteiger partial charge in [-0.2, -0.15) is 4.90 Å². The number of aliphatic hydroxyl groups is 10. The number of alkyl halides is 2. The van der Waals surface area contributed by atoms with Gasteiger partial charge in [0.1, 0.15) is 0 Å². The zero-order valence-corrected chi connectivity index (χ0v) is 28.1. The van der Waals surface area contributed by atoms with Gasteiger partial charge in [-0.1, -0.05) is 27.7 Å². The van der Waals surface area contributed by atoms with Crippen LogP contribution in [0.2, 0.25) is 0 Å². The molecule has 0 bridgehead atoms. The summed E-state index contributed by atoms with van der Waals surface area (Å²) < 4.78 is 26.3. The first-order chi connectivity index (χ1) is 20.2. The van der Waals surface area contributed by atoms with Crippen LogP contribution in [0.4, 0.5) is 8.78 Å². The Bertz CT molecular complexity index is 1060. The fourth-order valence-electron chi connectivity index (χ4n) is 8.05. The van der Waals surface area contributed by atoms with E-state index in [2.05, 4.69) is 0 Å². The minimum absolute atomic E-state index is 0.0501. The van der Waals surface area contributed by atoms with Crippen LogP contribution in [0.5, 0.6) is 0 Å². The predicted octanol–water partition coefficient (Wildman–Crippen LogP) is 1.29. The van der Waals surface area contributed by atoms with Crippen LogP contribution in [0, 0.1) is 22.2 Å². The minimum Gasteiger partial charge on any atom is -0.366 e. The van der Waals surface area contributed by atoms with Crippen LogP contribution < -0.4 is 0 Å². The molecule has 3 saturated heterocycles. The number of hydrogen-bond donors (Lipinski definition) is 10. The first-order valence-corrected chi connectivity index (χ1v) is 16.4. The molecule has 10 N–H and O–H groups in total. The summed E-state index contributed by atoms with van der Waals surface area (Å²) in [5.41, 5.74) is -2.56. The van der Waals surface area contributed by atoms with Crippen molar-refractivity contribution in [1.82, 2.24) is 9.80 Å². The highest BCUT2D eigenvalue weighted by Crippen LogP contribution is 2.74. The zero-order valence-electron chi connectivity index (χ0n) is 28.1. The zero-order chi connectivity index (χ0) is 35.1. The van der Waals surface area contributed by atoms with Gasteiger partial charge in [0.2, 0.25) is 17.7 Å². The summed E-state index contributed by atoms with van der Waals surface area (Å²) >= 11 is 0. The van der Waals surface area contributed by atoms with Crippen LogP contribution in [-0.4, -0.2) is 114 Å². The first-order valence-electron chi connectivity index (χ1n) is 16.4. The van der Waals surface area contributed by atoms with Gasteiger partial charge < -0.3 is 51.1 Å². The normalized spacial score (nSPS) is 35.5. The Balaban J connectivity index is 0.000000198. The third-order valence-electron chi connectivity index (χ3n) is 11.1. The van der Waals surface area contributed by atoms with Crippen molar-refractivity contribution in [3.05, 3.63) is 0 Å². The van der Waals surface area contributed by atoms with Crippen LogP contribution in [0.25, 0.3) is 0 Å². The van der Waals surface area contributed by atoms with Gasteiger partial charge in [0.05, 0.1) is 5.54 Å². The molecule has 0 amide bonds. The lowest BCUT2D eigenvalue weighted by molar-refractivity contribution is -0.378. The third kappa shape index (κ3) is 6.69. The Morgan fingerprint density at radius 1 is 0.689 bits per heavy atom. The molecule has 266 valence electrons. The molecule has 4 aliphatic carbocycles. The second kappa shape index (κ2) is 11.5. The smallest absolute Gasteiger partial charge is 0.252 e. The van der Waals surface area contributed by atoms with Crippen molar-refractivity contribution in [2.45, 2.75) is 166 Å². The van der Waals surface area contributed by atoms with E-state index < -0.39 is 57.5 Å². The van der Waals surface area contributed by atoms with Crippen molar-refractivity contribution in [3.8, 4) is 0 Å². The van der Waals surface area contributed by atoms with Gasteiger partial charge in [-0.3, -0.25) is 0 Å². The van der Waals surface area contributed by atoms with E-state index in [1.807, 2.05) is 27.7 Å². The molecule has 3 atom stereocenters. The third-order valence-corrected chi connectivity index (χ3v) is 11.1. The predicted molar refractivity (Wildman–Crippen MR) is 158 cm³/mol. The second-order valence-corrected chi connectivity index (χ2v) is 14.9. The minimum atomic E-state index is -2.79. The van der Waals surface area contributed by atoms with Crippen molar-refractivity contribution in [2.75, 3.05) is 6.54 Å². The van der Waals surface area contributed by atoms with Crippen molar-refractivity contribution in [2.24, 2.45) is 22.2 Å². The quantitative estimate of drug-likeness (QED) is 0.195. The van der Waals surface area contributed by atoms with Gasteiger partial charge in [0.25, 0.3) is 5.92 Å². The van der Waals surface area contributed by atoms with Crippen molar-refractivity contribution in [3.63, 3.8) is 0 Å². The number of nitrogens with zero attached hydrogens (tertiary/aromatic N) is 2. The van der Waals surface area contributed by atoms with E-state index in [1.54, 1.807) is 0 Å². The number of halogens is 2. The Kier molecular flexibility index (Phi) is 9.91. The van der Waals surface area contributed by atoms with E-state index in [0.29, 0.717) is 19.3 Å². The molecule has 3 aliphatic heterocycles. The summed E-state index contributed by atoms with van der Waals surface area (Å²) in [5.74, 6) is -13.8. The molecule has 12 nitrogen and oxygen atoms in total. The molecule has 7 rings (SSSR count). The van der Waals surface area contributed by atoms with Crippen molar-refractivity contribution in [1.29, 1.82) is 0 Å². The average molecular weight is 657 g/mol. The standard InChI is InChI=1S/C13H21F2NO4.C11H17NO4.C3H8O2.2C2H6/c1-9(10(2,17)18)11(3-4-11)7-13(19,20)16(9)6-8-5-12(8,14)15;13-10(14)6-8(1-2-8)7-5-9(3-4-9)11(15,16)12(7)10;1-3(2,4)5;2*1-2/h8,17-20H,3-7H2,1-2H3;7,13-16H,1-6H2;4-5H,1-2H3;2*1-2H3/t8?,9-;;;;/m0..../s1. The van der Waals surface area contributed by atoms with E-state index in [4.69, 9.17) is 10.2 Å². The summed E-state index contributed by atoms with van der Waals surface area (Å²) in [6.07, 6.45) is 5.36. The summed E-state index contributed by atoms with van der Waals surface area (Å²) in [4.78, 5) is 2.23. The van der Waals surface area contributed by atoms with Crippen LogP contribution in [0.1, 0.15) is 120 Å². The molecule has 45 heavy (non-hydrogen) atoms. The Morgan fingerprint density at radius 3 is 1.44 bits per heavy atom. The summed E-state index contributed by atoms with van der Waals surface area (Å²) in [6, 6.07) is -0.0694. The van der Waals surface area contributed by atoms with Gasteiger partial charge in [-0.15, -0.1) is 0 Å². The lowest BCUT2D eigenvalue weighted by atomic mass is 9.76. The first kappa shape index (κ1) is 38.8.